The van der Waals surface area contributed by atoms with Crippen molar-refractivity contribution in [1.82, 2.24) is 4.57 Å². The second-order valence-corrected chi connectivity index (χ2v) is 5.12. The van der Waals surface area contributed by atoms with Gasteiger partial charge in [-0.15, -0.1) is 0 Å². The minimum Gasteiger partial charge on any atom is -0.481 e. The van der Waals surface area contributed by atoms with E-state index in [0.29, 0.717) is 16.9 Å². The molecule has 1 heterocycles. The van der Waals surface area contributed by atoms with Gasteiger partial charge in [-0.25, -0.2) is 0 Å². The van der Waals surface area contributed by atoms with Gasteiger partial charge in [-0.1, -0.05) is 12.1 Å². The molecule has 110 valence electrons. The Morgan fingerprint density at radius 3 is 2.43 bits per heavy atom. The van der Waals surface area contributed by atoms with Gasteiger partial charge in [0.15, 0.2) is 0 Å². The predicted molar refractivity (Wildman–Crippen MR) is 80.6 cm³/mol. The first-order valence-corrected chi connectivity index (χ1v) is 6.76. The van der Waals surface area contributed by atoms with Crippen LogP contribution in [0.4, 0.5) is 5.69 Å². The van der Waals surface area contributed by atoms with Crippen LogP contribution in [0, 0.1) is 0 Å². The number of amides is 1. The summed E-state index contributed by atoms with van der Waals surface area (Å²) in [6, 6.07) is 10.6. The molecule has 0 spiro atoms. The molecule has 0 saturated carbocycles. The number of hydrogen-bond donors (Lipinski definition) is 2. The molecule has 0 fully saturated rings. The SMILES string of the molecule is CC(C)n1cccc1C(=O)Nc1ccc(CC(=O)O)cc1. The highest BCUT2D eigenvalue weighted by molar-refractivity contribution is 6.03. The Morgan fingerprint density at radius 2 is 1.86 bits per heavy atom. The molecular formula is C16H18N2O3. The van der Waals surface area contributed by atoms with Crippen LogP contribution < -0.4 is 5.32 Å². The number of nitrogens with zero attached hydrogens (tertiary/aromatic N) is 1. The maximum absolute atomic E-state index is 12.2. The maximum Gasteiger partial charge on any atom is 0.307 e. The third-order valence-corrected chi connectivity index (χ3v) is 3.14. The highest BCUT2D eigenvalue weighted by atomic mass is 16.4. The van der Waals surface area contributed by atoms with Crippen molar-refractivity contribution in [2.45, 2.75) is 26.3 Å². The van der Waals surface area contributed by atoms with E-state index in [1.165, 1.54) is 0 Å². The van der Waals surface area contributed by atoms with E-state index >= 15 is 0 Å². The third kappa shape index (κ3) is 3.72. The second-order valence-electron chi connectivity index (χ2n) is 5.12. The molecule has 5 nitrogen and oxygen atoms in total. The Hall–Kier alpha value is -2.56. The Bertz CT molecular complexity index is 642. The van der Waals surface area contributed by atoms with E-state index in [0.717, 1.165) is 0 Å². The quantitative estimate of drug-likeness (QED) is 0.887. The first-order valence-electron chi connectivity index (χ1n) is 6.76. The van der Waals surface area contributed by atoms with E-state index in [1.807, 2.05) is 30.7 Å². The van der Waals surface area contributed by atoms with E-state index in [1.54, 1.807) is 30.3 Å². The van der Waals surface area contributed by atoms with Gasteiger partial charge >= 0.3 is 5.97 Å². The molecule has 0 aliphatic carbocycles. The summed E-state index contributed by atoms with van der Waals surface area (Å²) in [6.07, 6.45) is 1.85. The molecule has 2 aromatic rings. The minimum absolute atomic E-state index is 0.0234. The Balaban J connectivity index is 2.09. The van der Waals surface area contributed by atoms with Crippen molar-refractivity contribution in [1.29, 1.82) is 0 Å². The van der Waals surface area contributed by atoms with Crippen LogP contribution in [0.5, 0.6) is 0 Å². The lowest BCUT2D eigenvalue weighted by Gasteiger charge is -2.13. The number of aromatic nitrogens is 1. The largest absolute Gasteiger partial charge is 0.481 e. The van der Waals surface area contributed by atoms with Crippen molar-refractivity contribution in [3.63, 3.8) is 0 Å². The lowest BCUT2D eigenvalue weighted by atomic mass is 10.1. The fourth-order valence-electron chi connectivity index (χ4n) is 2.11. The smallest absolute Gasteiger partial charge is 0.307 e. The van der Waals surface area contributed by atoms with Gasteiger partial charge in [-0.05, 0) is 43.7 Å². The molecule has 21 heavy (non-hydrogen) atoms. The average molecular weight is 286 g/mol. The predicted octanol–water partition coefficient (Wildman–Crippen LogP) is 2.95. The first kappa shape index (κ1) is 14.8. The van der Waals surface area contributed by atoms with Crippen LogP contribution in [-0.2, 0) is 11.2 Å². The standard InChI is InChI=1S/C16H18N2O3/c1-11(2)18-9-3-4-14(18)16(21)17-13-7-5-12(6-8-13)10-15(19)20/h3-9,11H,10H2,1-2H3,(H,17,21)(H,19,20). The number of carboxylic acids is 1. The van der Waals surface area contributed by atoms with Crippen LogP contribution in [-0.4, -0.2) is 21.6 Å². The van der Waals surface area contributed by atoms with Crippen molar-refractivity contribution in [3.8, 4) is 0 Å². The Labute approximate surface area is 123 Å². The number of aliphatic carboxylic acids is 1. The monoisotopic (exact) mass is 286 g/mol. The molecule has 0 atom stereocenters. The summed E-state index contributed by atoms with van der Waals surface area (Å²) < 4.78 is 1.90. The van der Waals surface area contributed by atoms with E-state index in [-0.39, 0.29) is 18.4 Å². The molecule has 1 aromatic carbocycles. The highest BCUT2D eigenvalue weighted by Crippen LogP contribution is 2.15. The number of carbonyl (C=O) groups excluding carboxylic acids is 1. The van der Waals surface area contributed by atoms with Crippen molar-refractivity contribution < 1.29 is 14.7 Å². The molecule has 0 aliphatic rings. The summed E-state index contributed by atoms with van der Waals surface area (Å²) in [5.41, 5.74) is 1.94. The molecular weight excluding hydrogens is 268 g/mol. The molecule has 0 saturated heterocycles. The molecule has 0 bridgehead atoms. The topological polar surface area (TPSA) is 71.3 Å². The number of hydrogen-bond acceptors (Lipinski definition) is 2. The molecule has 1 amide bonds. The summed E-state index contributed by atoms with van der Waals surface area (Å²) in [4.78, 5) is 22.9. The zero-order valence-electron chi connectivity index (χ0n) is 12.0. The number of benzene rings is 1. The van der Waals surface area contributed by atoms with Gasteiger partial charge < -0.3 is 15.0 Å². The van der Waals surface area contributed by atoms with Crippen LogP contribution in [0.15, 0.2) is 42.6 Å². The van der Waals surface area contributed by atoms with Gasteiger partial charge in [0.1, 0.15) is 5.69 Å². The van der Waals surface area contributed by atoms with Gasteiger partial charge in [0, 0.05) is 17.9 Å². The van der Waals surface area contributed by atoms with Gasteiger partial charge in [0.05, 0.1) is 6.42 Å². The zero-order chi connectivity index (χ0) is 15.4. The lowest BCUT2D eigenvalue weighted by molar-refractivity contribution is -0.136. The summed E-state index contributed by atoms with van der Waals surface area (Å²) in [5, 5.41) is 11.5. The van der Waals surface area contributed by atoms with Crippen LogP contribution in [0.1, 0.15) is 35.9 Å². The fraction of sp³-hybridized carbons (Fsp3) is 0.250. The summed E-state index contributed by atoms with van der Waals surface area (Å²) in [6.45, 7) is 4.02. The third-order valence-electron chi connectivity index (χ3n) is 3.14. The maximum atomic E-state index is 12.2. The normalized spacial score (nSPS) is 10.6. The van der Waals surface area contributed by atoms with Crippen molar-refractivity contribution >= 4 is 17.6 Å². The number of anilines is 1. The Morgan fingerprint density at radius 1 is 1.19 bits per heavy atom. The lowest BCUT2D eigenvalue weighted by Crippen LogP contribution is -2.17. The second kappa shape index (κ2) is 6.26. The number of nitrogens with one attached hydrogen (secondary N) is 1. The van der Waals surface area contributed by atoms with Crippen LogP contribution >= 0.6 is 0 Å². The molecule has 0 unspecified atom stereocenters. The molecule has 1 aromatic heterocycles. The van der Waals surface area contributed by atoms with E-state index in [4.69, 9.17) is 5.11 Å². The van der Waals surface area contributed by atoms with Crippen LogP contribution in [0.25, 0.3) is 0 Å². The van der Waals surface area contributed by atoms with Crippen molar-refractivity contribution in [3.05, 3.63) is 53.9 Å². The molecule has 0 radical (unpaired) electrons. The van der Waals surface area contributed by atoms with Gasteiger partial charge in [-0.3, -0.25) is 9.59 Å². The first-order chi connectivity index (χ1) is 9.97. The van der Waals surface area contributed by atoms with Gasteiger partial charge in [0.25, 0.3) is 5.91 Å². The number of carboxylic acid groups (broad SMARTS) is 1. The summed E-state index contributed by atoms with van der Waals surface area (Å²) in [5.74, 6) is -1.05. The summed E-state index contributed by atoms with van der Waals surface area (Å²) >= 11 is 0. The van der Waals surface area contributed by atoms with Crippen LogP contribution in [0.2, 0.25) is 0 Å². The van der Waals surface area contributed by atoms with Gasteiger partial charge in [-0.2, -0.15) is 0 Å². The Kier molecular flexibility index (Phi) is 4.42. The molecule has 0 aliphatic heterocycles. The molecule has 2 N–H and O–H groups in total. The van der Waals surface area contributed by atoms with E-state index < -0.39 is 5.97 Å². The highest BCUT2D eigenvalue weighted by Gasteiger charge is 2.12. The average Bonchev–Trinajstić information content (AvgIpc) is 2.90. The van der Waals surface area contributed by atoms with Crippen molar-refractivity contribution in [2.24, 2.45) is 0 Å². The number of rotatable bonds is 5. The van der Waals surface area contributed by atoms with Crippen molar-refractivity contribution in [2.75, 3.05) is 5.32 Å². The molecule has 5 heteroatoms. The van der Waals surface area contributed by atoms with E-state index in [2.05, 4.69) is 5.32 Å². The molecule has 2 rings (SSSR count). The van der Waals surface area contributed by atoms with Crippen LogP contribution in [0.3, 0.4) is 0 Å². The fourth-order valence-corrected chi connectivity index (χ4v) is 2.11. The summed E-state index contributed by atoms with van der Waals surface area (Å²) in [7, 11) is 0. The zero-order valence-corrected chi connectivity index (χ0v) is 12.0. The van der Waals surface area contributed by atoms with Gasteiger partial charge in [0.2, 0.25) is 0 Å². The minimum atomic E-state index is -0.874. The van der Waals surface area contributed by atoms with E-state index in [9.17, 15) is 9.59 Å². The number of carbonyl (C=O) groups is 2.